The van der Waals surface area contributed by atoms with Gasteiger partial charge in [-0.2, -0.15) is 0 Å². The molecular formula is C13H21N2+. The Hall–Kier alpha value is -0.890. The van der Waals surface area contributed by atoms with Gasteiger partial charge in [0.25, 0.3) is 0 Å². The van der Waals surface area contributed by atoms with Crippen LogP contribution in [0, 0.1) is 0 Å². The molecule has 2 unspecified atom stereocenters. The molecule has 1 fully saturated rings. The molecule has 1 aliphatic heterocycles. The largest absolute Gasteiger partial charge is 0.325 e. The number of pyridine rings is 1. The van der Waals surface area contributed by atoms with E-state index in [9.17, 15) is 0 Å². The first-order chi connectivity index (χ1) is 7.09. The van der Waals surface area contributed by atoms with E-state index < -0.39 is 0 Å². The summed E-state index contributed by atoms with van der Waals surface area (Å²) < 4.78 is 0. The normalized spacial score (nSPS) is 26.9. The third-order valence-electron chi connectivity index (χ3n) is 3.41. The maximum Gasteiger partial charge on any atom is 0.115 e. The molecule has 1 N–H and O–H groups in total. The zero-order valence-corrected chi connectivity index (χ0v) is 9.96. The van der Waals surface area contributed by atoms with E-state index in [2.05, 4.69) is 31.8 Å². The second-order valence-electron chi connectivity index (χ2n) is 5.51. The highest BCUT2D eigenvalue weighted by Crippen LogP contribution is 2.20. The zero-order chi connectivity index (χ0) is 10.9. The first-order valence-electron chi connectivity index (χ1n) is 5.85. The van der Waals surface area contributed by atoms with Crippen molar-refractivity contribution in [3.05, 3.63) is 30.1 Å². The summed E-state index contributed by atoms with van der Waals surface area (Å²) in [5, 5.41) is 0. The Morgan fingerprint density at radius 2 is 2.20 bits per heavy atom. The van der Waals surface area contributed by atoms with Crippen LogP contribution in [0.3, 0.4) is 0 Å². The molecule has 2 atom stereocenters. The average Bonchev–Trinajstić information content (AvgIpc) is 2.67. The number of nitrogens with one attached hydrogen (secondary N) is 1. The van der Waals surface area contributed by atoms with Gasteiger partial charge in [0, 0.05) is 30.8 Å². The monoisotopic (exact) mass is 205 g/mol. The lowest BCUT2D eigenvalue weighted by atomic mass is 10.0. The number of quaternary nitrogens is 1. The fourth-order valence-electron chi connectivity index (χ4n) is 2.69. The first kappa shape index (κ1) is 10.6. The van der Waals surface area contributed by atoms with Crippen LogP contribution >= 0.6 is 0 Å². The van der Waals surface area contributed by atoms with Crippen LogP contribution in [-0.4, -0.2) is 17.1 Å². The lowest BCUT2D eigenvalue weighted by molar-refractivity contribution is -0.963. The fourth-order valence-corrected chi connectivity index (χ4v) is 2.69. The Kier molecular flexibility index (Phi) is 2.79. The summed E-state index contributed by atoms with van der Waals surface area (Å²) in [4.78, 5) is 5.94. The quantitative estimate of drug-likeness (QED) is 0.737. The van der Waals surface area contributed by atoms with E-state index >= 15 is 0 Å². The van der Waals surface area contributed by atoms with Crippen molar-refractivity contribution in [2.45, 2.75) is 45.2 Å². The highest BCUT2D eigenvalue weighted by Gasteiger charge is 2.37. The minimum absolute atomic E-state index is 0.344. The van der Waals surface area contributed by atoms with Crippen LogP contribution < -0.4 is 4.90 Å². The smallest absolute Gasteiger partial charge is 0.115 e. The van der Waals surface area contributed by atoms with Gasteiger partial charge in [-0.05, 0) is 26.8 Å². The van der Waals surface area contributed by atoms with Crippen molar-refractivity contribution >= 4 is 0 Å². The molecule has 0 aromatic carbocycles. The molecule has 2 heterocycles. The molecule has 2 rings (SSSR count). The SMILES string of the molecule is CC(C)(C)[NH+]1CCCC1c1cccnc1. The van der Waals surface area contributed by atoms with Gasteiger partial charge in [0.05, 0.1) is 12.1 Å². The third-order valence-corrected chi connectivity index (χ3v) is 3.41. The van der Waals surface area contributed by atoms with Gasteiger partial charge in [-0.3, -0.25) is 4.98 Å². The predicted molar refractivity (Wildman–Crippen MR) is 61.8 cm³/mol. The standard InChI is InChI=1S/C13H20N2/c1-13(2,3)15-9-5-7-12(15)11-6-4-8-14-10-11/h4,6,8,10,12H,5,7,9H2,1-3H3/p+1. The number of likely N-dealkylation sites (tertiary alicyclic amines) is 1. The molecule has 15 heavy (non-hydrogen) atoms. The summed E-state index contributed by atoms with van der Waals surface area (Å²) in [5.74, 6) is 0. The van der Waals surface area contributed by atoms with E-state index in [0.717, 1.165) is 0 Å². The van der Waals surface area contributed by atoms with E-state index in [-0.39, 0.29) is 0 Å². The molecule has 1 saturated heterocycles. The van der Waals surface area contributed by atoms with Crippen molar-refractivity contribution in [1.82, 2.24) is 4.98 Å². The Morgan fingerprint density at radius 3 is 2.80 bits per heavy atom. The Morgan fingerprint density at radius 1 is 1.40 bits per heavy atom. The van der Waals surface area contributed by atoms with E-state index in [4.69, 9.17) is 0 Å². The highest BCUT2D eigenvalue weighted by molar-refractivity contribution is 5.12. The Balaban J connectivity index is 2.23. The van der Waals surface area contributed by atoms with Gasteiger partial charge < -0.3 is 4.90 Å². The second kappa shape index (κ2) is 3.93. The molecule has 0 amide bonds. The van der Waals surface area contributed by atoms with Crippen molar-refractivity contribution in [1.29, 1.82) is 0 Å². The minimum atomic E-state index is 0.344. The lowest BCUT2D eigenvalue weighted by Gasteiger charge is -2.33. The minimum Gasteiger partial charge on any atom is -0.325 e. The summed E-state index contributed by atoms with van der Waals surface area (Å²) in [7, 11) is 0. The molecule has 1 aromatic heterocycles. The molecule has 0 saturated carbocycles. The van der Waals surface area contributed by atoms with Crippen molar-refractivity contribution in [2.24, 2.45) is 0 Å². The summed E-state index contributed by atoms with van der Waals surface area (Å²) in [6, 6.07) is 4.92. The molecule has 0 aliphatic carbocycles. The molecule has 1 aromatic rings. The van der Waals surface area contributed by atoms with Crippen LogP contribution in [-0.2, 0) is 0 Å². The van der Waals surface area contributed by atoms with Gasteiger partial charge in [0.2, 0.25) is 0 Å². The lowest BCUT2D eigenvalue weighted by Crippen LogP contribution is -3.17. The van der Waals surface area contributed by atoms with Crippen molar-refractivity contribution < 1.29 is 4.90 Å². The van der Waals surface area contributed by atoms with Gasteiger partial charge >= 0.3 is 0 Å². The number of aromatic nitrogens is 1. The van der Waals surface area contributed by atoms with Gasteiger partial charge in [0.15, 0.2) is 0 Å². The maximum absolute atomic E-state index is 4.23. The van der Waals surface area contributed by atoms with Crippen LogP contribution in [0.2, 0.25) is 0 Å². The van der Waals surface area contributed by atoms with E-state index in [1.807, 2.05) is 18.5 Å². The van der Waals surface area contributed by atoms with Gasteiger partial charge in [-0.1, -0.05) is 6.07 Å². The van der Waals surface area contributed by atoms with Crippen LogP contribution in [0.25, 0.3) is 0 Å². The van der Waals surface area contributed by atoms with E-state index in [0.29, 0.717) is 11.6 Å². The van der Waals surface area contributed by atoms with Crippen LogP contribution in [0.4, 0.5) is 0 Å². The maximum atomic E-state index is 4.23. The van der Waals surface area contributed by atoms with Crippen LogP contribution in [0.1, 0.15) is 45.2 Å². The Bertz CT molecular complexity index is 313. The number of hydrogen-bond donors (Lipinski definition) is 1. The molecule has 1 aliphatic rings. The summed E-state index contributed by atoms with van der Waals surface area (Å²) in [5.41, 5.74) is 1.75. The molecule has 2 nitrogen and oxygen atoms in total. The van der Waals surface area contributed by atoms with Crippen molar-refractivity contribution in [3.8, 4) is 0 Å². The molecule has 82 valence electrons. The van der Waals surface area contributed by atoms with Crippen molar-refractivity contribution in [3.63, 3.8) is 0 Å². The molecule has 0 spiro atoms. The molecular weight excluding hydrogens is 184 g/mol. The summed E-state index contributed by atoms with van der Waals surface area (Å²) in [6.45, 7) is 8.29. The van der Waals surface area contributed by atoms with Crippen LogP contribution in [0.15, 0.2) is 24.5 Å². The predicted octanol–water partition coefficient (Wildman–Crippen LogP) is 1.60. The zero-order valence-electron chi connectivity index (χ0n) is 9.96. The van der Waals surface area contributed by atoms with E-state index in [1.54, 1.807) is 4.90 Å². The average molecular weight is 205 g/mol. The third kappa shape index (κ3) is 2.20. The van der Waals surface area contributed by atoms with Crippen molar-refractivity contribution in [2.75, 3.05) is 6.54 Å². The first-order valence-corrected chi connectivity index (χ1v) is 5.85. The summed E-state index contributed by atoms with van der Waals surface area (Å²) >= 11 is 0. The molecule has 0 bridgehead atoms. The van der Waals surface area contributed by atoms with Gasteiger partial charge in [-0.15, -0.1) is 0 Å². The van der Waals surface area contributed by atoms with Gasteiger partial charge in [-0.25, -0.2) is 0 Å². The van der Waals surface area contributed by atoms with E-state index in [1.165, 1.54) is 24.9 Å². The van der Waals surface area contributed by atoms with Gasteiger partial charge in [0.1, 0.15) is 6.04 Å². The number of rotatable bonds is 1. The van der Waals surface area contributed by atoms with Crippen LogP contribution in [0.5, 0.6) is 0 Å². The highest BCUT2D eigenvalue weighted by atomic mass is 15.2. The topological polar surface area (TPSA) is 17.3 Å². The fraction of sp³-hybridized carbons (Fsp3) is 0.615. The second-order valence-corrected chi connectivity index (χ2v) is 5.51. The molecule has 0 radical (unpaired) electrons. The Labute approximate surface area is 92.3 Å². The number of hydrogen-bond acceptors (Lipinski definition) is 1. The molecule has 2 heteroatoms. The number of nitrogens with zero attached hydrogens (tertiary/aromatic N) is 1. The summed E-state index contributed by atoms with van der Waals surface area (Å²) in [6.07, 6.45) is 6.53.